The molecule has 0 aliphatic heterocycles. The molecule has 70 valence electrons. The van der Waals surface area contributed by atoms with Gasteiger partial charge in [-0.1, -0.05) is 19.8 Å². The van der Waals surface area contributed by atoms with E-state index >= 15 is 0 Å². The smallest absolute Gasteiger partial charge is 0.196 e. The second kappa shape index (κ2) is 3.71. The maximum atomic E-state index is 11.4. The van der Waals surface area contributed by atoms with Gasteiger partial charge < -0.3 is 4.89 Å². The Bertz CT molecular complexity index is 206. The van der Waals surface area contributed by atoms with Gasteiger partial charge in [0.15, 0.2) is 8.03 Å². The summed E-state index contributed by atoms with van der Waals surface area (Å²) in [6.45, 7) is 1.91. The Hall–Kier alpha value is -0.140. The maximum Gasteiger partial charge on any atom is 0.196 e. The highest BCUT2D eigenvalue weighted by Crippen LogP contribution is 2.39. The minimum atomic E-state index is -2.61. The lowest BCUT2D eigenvalue weighted by molar-refractivity contribution is -0.125. The summed E-state index contributed by atoms with van der Waals surface area (Å²) < 4.78 is 10.5. The van der Waals surface area contributed by atoms with Crippen molar-refractivity contribution in [3.05, 3.63) is 0 Å². The van der Waals surface area contributed by atoms with Crippen molar-refractivity contribution < 1.29 is 14.3 Å². The van der Waals surface area contributed by atoms with Crippen LogP contribution in [0.1, 0.15) is 32.6 Å². The zero-order valence-corrected chi connectivity index (χ0v) is 8.30. The fourth-order valence-corrected chi connectivity index (χ4v) is 2.49. The van der Waals surface area contributed by atoms with Gasteiger partial charge in [0.2, 0.25) is 0 Å². The molecule has 0 aromatic carbocycles. The number of carbonyl (C=O) groups is 1. The molecule has 0 heterocycles. The monoisotopic (exact) mass is 190 g/mol. The van der Waals surface area contributed by atoms with Crippen LogP contribution in [0.5, 0.6) is 0 Å². The summed E-state index contributed by atoms with van der Waals surface area (Å²) in [5, 5.41) is 0. The molecule has 1 aliphatic carbocycles. The SMILES string of the molecule is CC1(C(=O)C[PH](=O)O)CCCC1. The first kappa shape index (κ1) is 9.94. The molecule has 1 rings (SSSR count). The van der Waals surface area contributed by atoms with Crippen LogP contribution >= 0.6 is 8.03 Å². The third-order valence-corrected chi connectivity index (χ3v) is 3.32. The molecule has 1 unspecified atom stereocenters. The first-order valence-corrected chi connectivity index (χ1v) is 5.86. The van der Waals surface area contributed by atoms with Crippen LogP contribution in [0.4, 0.5) is 0 Å². The number of rotatable bonds is 3. The van der Waals surface area contributed by atoms with Crippen molar-refractivity contribution in [2.75, 3.05) is 6.16 Å². The number of Topliss-reactive ketones (excluding diaryl/α,β-unsaturated/α-hetero) is 1. The van der Waals surface area contributed by atoms with Crippen molar-refractivity contribution >= 4 is 13.8 Å². The normalized spacial score (nSPS) is 23.8. The highest BCUT2D eigenvalue weighted by Gasteiger charge is 2.35. The first-order chi connectivity index (χ1) is 5.54. The number of carbonyl (C=O) groups excluding carboxylic acids is 1. The van der Waals surface area contributed by atoms with E-state index in [1.54, 1.807) is 0 Å². The predicted octanol–water partition coefficient (Wildman–Crippen LogP) is 1.60. The van der Waals surface area contributed by atoms with Gasteiger partial charge in [-0.05, 0) is 12.8 Å². The zero-order chi connectivity index (χ0) is 9.19. The molecule has 0 aromatic rings. The fourth-order valence-electron chi connectivity index (χ4n) is 1.78. The number of hydrogen-bond acceptors (Lipinski definition) is 2. The van der Waals surface area contributed by atoms with Crippen LogP contribution in [0.3, 0.4) is 0 Å². The Morgan fingerprint density at radius 1 is 1.50 bits per heavy atom. The highest BCUT2D eigenvalue weighted by molar-refractivity contribution is 7.39. The molecule has 4 heteroatoms. The second-order valence-corrected chi connectivity index (χ2v) is 4.90. The Balaban J connectivity index is 2.56. The minimum absolute atomic E-state index is 0.0219. The third-order valence-electron chi connectivity index (χ3n) is 2.69. The molecule has 1 N–H and O–H groups in total. The summed E-state index contributed by atoms with van der Waals surface area (Å²) in [6, 6.07) is 0. The maximum absolute atomic E-state index is 11.4. The molecule has 1 fully saturated rings. The van der Waals surface area contributed by atoms with Gasteiger partial charge in [0, 0.05) is 5.41 Å². The van der Waals surface area contributed by atoms with Crippen LogP contribution in [0.2, 0.25) is 0 Å². The Morgan fingerprint density at radius 2 is 2.00 bits per heavy atom. The van der Waals surface area contributed by atoms with Crippen molar-refractivity contribution in [3.8, 4) is 0 Å². The molecule has 1 aliphatic rings. The molecular formula is C8H15O3P. The summed E-state index contributed by atoms with van der Waals surface area (Å²) in [5.74, 6) is -0.0219. The van der Waals surface area contributed by atoms with E-state index in [9.17, 15) is 9.36 Å². The van der Waals surface area contributed by atoms with Crippen molar-refractivity contribution in [2.24, 2.45) is 5.41 Å². The topological polar surface area (TPSA) is 54.4 Å². The van der Waals surface area contributed by atoms with Gasteiger partial charge in [-0.25, -0.2) is 0 Å². The van der Waals surface area contributed by atoms with E-state index in [1.807, 2.05) is 6.92 Å². The molecule has 0 amide bonds. The lowest BCUT2D eigenvalue weighted by Gasteiger charge is -2.20. The van der Waals surface area contributed by atoms with Crippen LogP contribution in [-0.4, -0.2) is 16.8 Å². The lowest BCUT2D eigenvalue weighted by Crippen LogP contribution is -2.25. The van der Waals surface area contributed by atoms with Crippen molar-refractivity contribution in [1.82, 2.24) is 0 Å². The minimum Gasteiger partial charge on any atom is -0.346 e. The molecule has 0 radical (unpaired) electrons. The molecule has 0 saturated heterocycles. The van der Waals surface area contributed by atoms with Crippen LogP contribution in [0, 0.1) is 5.41 Å². The molecule has 1 atom stereocenters. The highest BCUT2D eigenvalue weighted by atomic mass is 31.1. The van der Waals surface area contributed by atoms with E-state index in [0.29, 0.717) is 0 Å². The van der Waals surface area contributed by atoms with E-state index in [0.717, 1.165) is 25.7 Å². The fraction of sp³-hybridized carbons (Fsp3) is 0.875. The van der Waals surface area contributed by atoms with E-state index in [4.69, 9.17) is 4.89 Å². The van der Waals surface area contributed by atoms with E-state index < -0.39 is 8.03 Å². The Morgan fingerprint density at radius 3 is 2.42 bits per heavy atom. The molecule has 0 spiro atoms. The van der Waals surface area contributed by atoms with Crippen molar-refractivity contribution in [3.63, 3.8) is 0 Å². The largest absolute Gasteiger partial charge is 0.346 e. The predicted molar refractivity (Wildman–Crippen MR) is 47.7 cm³/mol. The summed E-state index contributed by atoms with van der Waals surface area (Å²) >= 11 is 0. The van der Waals surface area contributed by atoms with Gasteiger partial charge in [0.1, 0.15) is 5.78 Å². The summed E-state index contributed by atoms with van der Waals surface area (Å²) in [6.07, 6.45) is 3.81. The van der Waals surface area contributed by atoms with Gasteiger partial charge in [0.25, 0.3) is 0 Å². The second-order valence-electron chi connectivity index (χ2n) is 3.76. The average molecular weight is 190 g/mol. The molecule has 0 bridgehead atoms. The number of ketones is 1. The first-order valence-electron chi connectivity index (χ1n) is 4.30. The lowest BCUT2D eigenvalue weighted by atomic mass is 9.85. The summed E-state index contributed by atoms with van der Waals surface area (Å²) in [4.78, 5) is 20.1. The Kier molecular flexibility index (Phi) is 3.08. The van der Waals surface area contributed by atoms with Gasteiger partial charge in [0.05, 0.1) is 6.16 Å². The van der Waals surface area contributed by atoms with Crippen LogP contribution in [0.25, 0.3) is 0 Å². The molecule has 3 nitrogen and oxygen atoms in total. The number of hydrogen-bond donors (Lipinski definition) is 1. The van der Waals surface area contributed by atoms with Crippen molar-refractivity contribution in [2.45, 2.75) is 32.6 Å². The van der Waals surface area contributed by atoms with Gasteiger partial charge in [-0.15, -0.1) is 0 Å². The average Bonchev–Trinajstić information content (AvgIpc) is 2.36. The third kappa shape index (κ3) is 2.18. The molecule has 1 saturated carbocycles. The van der Waals surface area contributed by atoms with Crippen LogP contribution < -0.4 is 0 Å². The zero-order valence-electron chi connectivity index (χ0n) is 7.30. The molecular weight excluding hydrogens is 175 g/mol. The van der Waals surface area contributed by atoms with Gasteiger partial charge in [-0.3, -0.25) is 9.36 Å². The Labute approximate surface area is 73.0 Å². The quantitative estimate of drug-likeness (QED) is 0.688. The van der Waals surface area contributed by atoms with Crippen molar-refractivity contribution in [1.29, 1.82) is 0 Å². The molecule has 12 heavy (non-hydrogen) atoms. The standard InChI is InChI=1S/C8H15O3P/c1-8(4-2-3-5-8)7(9)6-12(10)11/h12H,2-6H2,1H3,(H,10,11). The van der Waals surface area contributed by atoms with Gasteiger partial charge >= 0.3 is 0 Å². The summed E-state index contributed by atoms with van der Waals surface area (Å²) in [5.41, 5.74) is -0.289. The molecule has 0 aromatic heterocycles. The van der Waals surface area contributed by atoms with Crippen LogP contribution in [0.15, 0.2) is 0 Å². The van der Waals surface area contributed by atoms with Gasteiger partial charge in [-0.2, -0.15) is 0 Å². The van der Waals surface area contributed by atoms with Crippen LogP contribution in [-0.2, 0) is 9.36 Å². The van der Waals surface area contributed by atoms with E-state index in [2.05, 4.69) is 0 Å². The van der Waals surface area contributed by atoms with E-state index in [1.165, 1.54) is 0 Å². The summed E-state index contributed by atoms with van der Waals surface area (Å²) in [7, 11) is -2.61. The van der Waals surface area contributed by atoms with E-state index in [-0.39, 0.29) is 17.4 Å².